The van der Waals surface area contributed by atoms with E-state index >= 15 is 0 Å². The Morgan fingerprint density at radius 3 is 2.75 bits per heavy atom. The molecule has 130 valence electrons. The number of aryl methyl sites for hydroxylation is 1. The predicted molar refractivity (Wildman–Crippen MR) is 92.6 cm³/mol. The third-order valence-corrected chi connectivity index (χ3v) is 5.16. The Labute approximate surface area is 143 Å². The standard InChI is InChI=1S/C19H26N2O3/c1-13-5-7-16(8-6-13)21-12-15(10-18(21)23)19(24)20-11-14-3-2-4-17(22)9-14/h5-8,14-15,17,22H,2-4,9-12H2,1H3,(H,20,24). The van der Waals surface area contributed by atoms with Gasteiger partial charge in [-0.1, -0.05) is 24.1 Å². The van der Waals surface area contributed by atoms with Crippen molar-refractivity contribution in [3.05, 3.63) is 29.8 Å². The summed E-state index contributed by atoms with van der Waals surface area (Å²) in [5.74, 6) is 0.0282. The summed E-state index contributed by atoms with van der Waals surface area (Å²) >= 11 is 0. The van der Waals surface area contributed by atoms with Crippen molar-refractivity contribution in [3.8, 4) is 0 Å². The minimum Gasteiger partial charge on any atom is -0.393 e. The monoisotopic (exact) mass is 330 g/mol. The van der Waals surface area contributed by atoms with E-state index in [1.54, 1.807) is 4.90 Å². The van der Waals surface area contributed by atoms with E-state index in [0.29, 0.717) is 19.0 Å². The summed E-state index contributed by atoms with van der Waals surface area (Å²) in [5, 5.41) is 12.7. The molecule has 2 fully saturated rings. The molecule has 1 aromatic rings. The van der Waals surface area contributed by atoms with Crippen molar-refractivity contribution in [1.82, 2.24) is 5.32 Å². The van der Waals surface area contributed by atoms with Gasteiger partial charge in [0.15, 0.2) is 0 Å². The van der Waals surface area contributed by atoms with Gasteiger partial charge in [-0.25, -0.2) is 0 Å². The number of nitrogens with zero attached hydrogens (tertiary/aromatic N) is 1. The second kappa shape index (κ2) is 7.34. The van der Waals surface area contributed by atoms with Crippen molar-refractivity contribution in [2.45, 2.75) is 45.1 Å². The van der Waals surface area contributed by atoms with Crippen LogP contribution in [0.5, 0.6) is 0 Å². The molecule has 1 aromatic carbocycles. The maximum atomic E-state index is 12.4. The smallest absolute Gasteiger partial charge is 0.227 e. The first kappa shape index (κ1) is 17.0. The number of aliphatic hydroxyl groups excluding tert-OH is 1. The molecule has 2 aliphatic rings. The van der Waals surface area contributed by atoms with Crippen LogP contribution < -0.4 is 10.2 Å². The fourth-order valence-corrected chi connectivity index (χ4v) is 3.69. The number of hydrogen-bond donors (Lipinski definition) is 2. The normalized spacial score (nSPS) is 27.3. The topological polar surface area (TPSA) is 69.6 Å². The molecule has 1 saturated carbocycles. The molecular formula is C19H26N2O3. The first-order chi connectivity index (χ1) is 11.5. The summed E-state index contributed by atoms with van der Waals surface area (Å²) in [6, 6.07) is 7.81. The van der Waals surface area contributed by atoms with Crippen LogP contribution >= 0.6 is 0 Å². The molecule has 5 heteroatoms. The maximum Gasteiger partial charge on any atom is 0.227 e. The lowest BCUT2D eigenvalue weighted by atomic mass is 9.87. The summed E-state index contributed by atoms with van der Waals surface area (Å²) in [5.41, 5.74) is 2.01. The van der Waals surface area contributed by atoms with Gasteiger partial charge in [-0.2, -0.15) is 0 Å². The molecule has 3 atom stereocenters. The minimum absolute atomic E-state index is 0.00657. The van der Waals surface area contributed by atoms with Gasteiger partial charge in [-0.3, -0.25) is 9.59 Å². The lowest BCUT2D eigenvalue weighted by Gasteiger charge is -2.26. The Bertz CT molecular complexity index is 599. The summed E-state index contributed by atoms with van der Waals surface area (Å²) < 4.78 is 0. The third-order valence-electron chi connectivity index (χ3n) is 5.16. The van der Waals surface area contributed by atoms with E-state index in [4.69, 9.17) is 0 Å². The number of nitrogens with one attached hydrogen (secondary N) is 1. The van der Waals surface area contributed by atoms with Crippen LogP contribution in [0.2, 0.25) is 0 Å². The van der Waals surface area contributed by atoms with Crippen LogP contribution in [0.1, 0.15) is 37.7 Å². The minimum atomic E-state index is -0.285. The number of benzene rings is 1. The zero-order valence-corrected chi connectivity index (χ0v) is 14.2. The fourth-order valence-electron chi connectivity index (χ4n) is 3.69. The van der Waals surface area contributed by atoms with Crippen LogP contribution in [-0.4, -0.2) is 36.1 Å². The largest absolute Gasteiger partial charge is 0.393 e. The van der Waals surface area contributed by atoms with Gasteiger partial charge in [0.05, 0.1) is 12.0 Å². The zero-order valence-electron chi connectivity index (χ0n) is 14.2. The average Bonchev–Trinajstić information content (AvgIpc) is 2.95. The Kier molecular flexibility index (Phi) is 5.19. The van der Waals surface area contributed by atoms with Gasteiger partial charge in [0.1, 0.15) is 0 Å². The molecule has 3 rings (SSSR count). The number of carbonyl (C=O) groups is 2. The maximum absolute atomic E-state index is 12.4. The van der Waals surface area contributed by atoms with Gasteiger partial charge < -0.3 is 15.3 Å². The van der Waals surface area contributed by atoms with Crippen molar-refractivity contribution < 1.29 is 14.7 Å². The summed E-state index contributed by atoms with van der Waals surface area (Å²) in [7, 11) is 0. The summed E-state index contributed by atoms with van der Waals surface area (Å²) in [4.78, 5) is 26.3. The number of hydrogen-bond acceptors (Lipinski definition) is 3. The molecule has 3 unspecified atom stereocenters. The molecule has 1 saturated heterocycles. The SMILES string of the molecule is Cc1ccc(N2CC(C(=O)NCC3CCCC(O)C3)CC2=O)cc1. The van der Waals surface area contributed by atoms with E-state index in [-0.39, 0.29) is 30.3 Å². The molecular weight excluding hydrogens is 304 g/mol. The molecule has 1 heterocycles. The Morgan fingerprint density at radius 1 is 1.29 bits per heavy atom. The lowest BCUT2D eigenvalue weighted by molar-refractivity contribution is -0.126. The van der Waals surface area contributed by atoms with Crippen molar-refractivity contribution in [1.29, 1.82) is 0 Å². The van der Waals surface area contributed by atoms with E-state index in [9.17, 15) is 14.7 Å². The van der Waals surface area contributed by atoms with E-state index in [0.717, 1.165) is 36.9 Å². The van der Waals surface area contributed by atoms with Gasteiger partial charge >= 0.3 is 0 Å². The molecule has 5 nitrogen and oxygen atoms in total. The van der Waals surface area contributed by atoms with Crippen LogP contribution in [0.25, 0.3) is 0 Å². The number of aliphatic hydroxyl groups is 1. The van der Waals surface area contributed by atoms with Crippen LogP contribution in [0.4, 0.5) is 5.69 Å². The second-order valence-corrected chi connectivity index (χ2v) is 7.17. The highest BCUT2D eigenvalue weighted by molar-refractivity contribution is 6.00. The van der Waals surface area contributed by atoms with E-state index in [2.05, 4.69) is 5.32 Å². The van der Waals surface area contributed by atoms with Gasteiger partial charge in [-0.15, -0.1) is 0 Å². The van der Waals surface area contributed by atoms with E-state index in [1.807, 2.05) is 31.2 Å². The molecule has 24 heavy (non-hydrogen) atoms. The van der Waals surface area contributed by atoms with Crippen molar-refractivity contribution in [2.24, 2.45) is 11.8 Å². The highest BCUT2D eigenvalue weighted by Gasteiger charge is 2.35. The Balaban J connectivity index is 1.53. The van der Waals surface area contributed by atoms with Gasteiger partial charge in [-0.05, 0) is 44.2 Å². The predicted octanol–water partition coefficient (Wildman–Crippen LogP) is 2.02. The van der Waals surface area contributed by atoms with E-state index < -0.39 is 0 Å². The number of amides is 2. The van der Waals surface area contributed by atoms with Gasteiger partial charge in [0.25, 0.3) is 0 Å². The molecule has 0 radical (unpaired) electrons. The van der Waals surface area contributed by atoms with Crippen molar-refractivity contribution >= 4 is 17.5 Å². The highest BCUT2D eigenvalue weighted by Crippen LogP contribution is 2.26. The molecule has 2 N–H and O–H groups in total. The number of rotatable bonds is 4. The Morgan fingerprint density at radius 2 is 2.04 bits per heavy atom. The van der Waals surface area contributed by atoms with Crippen LogP contribution in [0, 0.1) is 18.8 Å². The number of anilines is 1. The first-order valence-corrected chi connectivity index (χ1v) is 8.85. The van der Waals surface area contributed by atoms with Gasteiger partial charge in [0, 0.05) is 25.2 Å². The molecule has 2 amide bonds. The third kappa shape index (κ3) is 3.96. The van der Waals surface area contributed by atoms with Gasteiger partial charge in [0.2, 0.25) is 11.8 Å². The Hall–Kier alpha value is -1.88. The quantitative estimate of drug-likeness (QED) is 0.887. The van der Waals surface area contributed by atoms with Crippen LogP contribution in [0.3, 0.4) is 0 Å². The lowest BCUT2D eigenvalue weighted by Crippen LogP contribution is -2.37. The summed E-state index contributed by atoms with van der Waals surface area (Å²) in [6.07, 6.45) is 3.74. The molecule has 0 bridgehead atoms. The average molecular weight is 330 g/mol. The second-order valence-electron chi connectivity index (χ2n) is 7.17. The molecule has 0 spiro atoms. The summed E-state index contributed by atoms with van der Waals surface area (Å²) in [6.45, 7) is 3.06. The molecule has 1 aliphatic heterocycles. The highest BCUT2D eigenvalue weighted by atomic mass is 16.3. The van der Waals surface area contributed by atoms with Crippen molar-refractivity contribution in [2.75, 3.05) is 18.0 Å². The van der Waals surface area contributed by atoms with Crippen LogP contribution in [-0.2, 0) is 9.59 Å². The fraction of sp³-hybridized carbons (Fsp3) is 0.579. The van der Waals surface area contributed by atoms with Crippen LogP contribution in [0.15, 0.2) is 24.3 Å². The zero-order chi connectivity index (χ0) is 17.1. The molecule has 0 aromatic heterocycles. The number of carbonyl (C=O) groups excluding carboxylic acids is 2. The van der Waals surface area contributed by atoms with Crippen molar-refractivity contribution in [3.63, 3.8) is 0 Å². The molecule has 1 aliphatic carbocycles. The van der Waals surface area contributed by atoms with E-state index in [1.165, 1.54) is 0 Å². The first-order valence-electron chi connectivity index (χ1n) is 8.85.